The fraction of sp³-hybridized carbons (Fsp3) is 0.182. The van der Waals surface area contributed by atoms with Gasteiger partial charge in [-0.3, -0.25) is 9.59 Å². The second kappa shape index (κ2) is 5.64. The minimum Gasteiger partial charge on any atom is -0.478 e. The molecule has 6 nitrogen and oxygen atoms in total. The number of hydrogen-bond donors (Lipinski definition) is 3. The molecule has 0 saturated heterocycles. The van der Waals surface area contributed by atoms with E-state index in [-0.39, 0.29) is 17.9 Å². The number of carbonyl (C=O) groups excluding carboxylic acids is 2. The van der Waals surface area contributed by atoms with E-state index in [1.807, 2.05) is 0 Å². The number of rotatable bonds is 4. The van der Waals surface area contributed by atoms with Crippen molar-refractivity contribution in [1.29, 1.82) is 0 Å². The molecule has 6 heteroatoms. The first kappa shape index (κ1) is 12.7. The summed E-state index contributed by atoms with van der Waals surface area (Å²) < 4.78 is 0. The zero-order chi connectivity index (χ0) is 12.8. The number of aromatic carboxylic acids is 1. The van der Waals surface area contributed by atoms with E-state index in [1.54, 1.807) is 0 Å². The van der Waals surface area contributed by atoms with Gasteiger partial charge in [-0.25, -0.2) is 4.79 Å². The summed E-state index contributed by atoms with van der Waals surface area (Å²) in [5, 5.41) is 13.5. The van der Waals surface area contributed by atoms with Crippen molar-refractivity contribution < 1.29 is 19.5 Å². The van der Waals surface area contributed by atoms with E-state index in [2.05, 4.69) is 10.6 Å². The van der Waals surface area contributed by atoms with Crippen molar-refractivity contribution in [1.82, 2.24) is 5.32 Å². The minimum atomic E-state index is -1.03. The predicted molar refractivity (Wildman–Crippen MR) is 60.7 cm³/mol. The van der Waals surface area contributed by atoms with Gasteiger partial charge in [-0.05, 0) is 24.3 Å². The van der Waals surface area contributed by atoms with E-state index in [0.29, 0.717) is 5.69 Å². The highest BCUT2D eigenvalue weighted by molar-refractivity contribution is 6.03. The van der Waals surface area contributed by atoms with Crippen LogP contribution in [-0.2, 0) is 9.59 Å². The van der Waals surface area contributed by atoms with Crippen LogP contribution >= 0.6 is 0 Å². The number of anilines is 1. The van der Waals surface area contributed by atoms with Crippen LogP contribution in [-0.4, -0.2) is 29.9 Å². The van der Waals surface area contributed by atoms with Gasteiger partial charge in [0.15, 0.2) is 0 Å². The van der Waals surface area contributed by atoms with Gasteiger partial charge in [-0.2, -0.15) is 0 Å². The third kappa shape index (κ3) is 3.94. The van der Waals surface area contributed by atoms with Crippen molar-refractivity contribution in [2.75, 3.05) is 12.4 Å². The van der Waals surface area contributed by atoms with Crippen molar-refractivity contribution in [3.8, 4) is 0 Å². The van der Waals surface area contributed by atoms with E-state index in [9.17, 15) is 14.4 Å². The van der Waals surface area contributed by atoms with Crippen molar-refractivity contribution in [3.63, 3.8) is 0 Å². The first-order valence-corrected chi connectivity index (χ1v) is 4.86. The molecule has 17 heavy (non-hydrogen) atoms. The van der Waals surface area contributed by atoms with Gasteiger partial charge in [0.25, 0.3) is 0 Å². The number of hydrogen-bond acceptors (Lipinski definition) is 3. The van der Waals surface area contributed by atoms with Crippen molar-refractivity contribution >= 4 is 23.5 Å². The lowest BCUT2D eigenvalue weighted by atomic mass is 10.2. The maximum atomic E-state index is 11.3. The molecule has 0 spiro atoms. The van der Waals surface area contributed by atoms with Crippen molar-refractivity contribution in [2.24, 2.45) is 0 Å². The standard InChI is InChI=1S/C11H12N2O4/c1-12-9(14)6-10(15)13-8-4-2-7(3-5-8)11(16)17/h2-5H,6H2,1H3,(H,12,14)(H,13,15)(H,16,17). The van der Waals surface area contributed by atoms with Gasteiger partial charge in [-0.1, -0.05) is 0 Å². The maximum absolute atomic E-state index is 11.3. The summed E-state index contributed by atoms with van der Waals surface area (Å²) in [6, 6.07) is 5.67. The molecule has 0 bridgehead atoms. The quantitative estimate of drug-likeness (QED) is 0.662. The Morgan fingerprint density at radius 2 is 1.71 bits per heavy atom. The lowest BCUT2D eigenvalue weighted by Crippen LogP contribution is -2.24. The third-order valence-corrected chi connectivity index (χ3v) is 2.02. The Morgan fingerprint density at radius 3 is 2.18 bits per heavy atom. The van der Waals surface area contributed by atoms with E-state index in [4.69, 9.17) is 5.11 Å². The summed E-state index contributed by atoms with van der Waals surface area (Å²) in [4.78, 5) is 32.8. The van der Waals surface area contributed by atoms with Crippen LogP contribution in [0.25, 0.3) is 0 Å². The largest absolute Gasteiger partial charge is 0.478 e. The summed E-state index contributed by atoms with van der Waals surface area (Å²) in [5.74, 6) is -1.87. The van der Waals surface area contributed by atoms with E-state index in [1.165, 1.54) is 31.3 Å². The molecule has 3 N–H and O–H groups in total. The molecular formula is C11H12N2O4. The fourth-order valence-electron chi connectivity index (χ4n) is 1.14. The predicted octanol–water partition coefficient (Wildman–Crippen LogP) is 0.459. The highest BCUT2D eigenvalue weighted by Gasteiger charge is 2.08. The van der Waals surface area contributed by atoms with Gasteiger partial charge < -0.3 is 15.7 Å². The zero-order valence-electron chi connectivity index (χ0n) is 9.19. The van der Waals surface area contributed by atoms with E-state index in [0.717, 1.165) is 0 Å². The molecule has 1 aromatic carbocycles. The van der Waals surface area contributed by atoms with Crippen LogP contribution in [0.5, 0.6) is 0 Å². The maximum Gasteiger partial charge on any atom is 0.335 e. The average Bonchev–Trinajstić information content (AvgIpc) is 2.29. The minimum absolute atomic E-state index is 0.134. The van der Waals surface area contributed by atoms with Crippen LogP contribution in [0.15, 0.2) is 24.3 Å². The Morgan fingerprint density at radius 1 is 1.12 bits per heavy atom. The third-order valence-electron chi connectivity index (χ3n) is 2.02. The smallest absolute Gasteiger partial charge is 0.335 e. The van der Waals surface area contributed by atoms with Gasteiger partial charge in [-0.15, -0.1) is 0 Å². The Kier molecular flexibility index (Phi) is 4.21. The molecule has 90 valence electrons. The highest BCUT2D eigenvalue weighted by atomic mass is 16.4. The van der Waals surface area contributed by atoms with Crippen molar-refractivity contribution in [3.05, 3.63) is 29.8 Å². The molecule has 0 unspecified atom stereocenters. The van der Waals surface area contributed by atoms with E-state index >= 15 is 0 Å². The van der Waals surface area contributed by atoms with Gasteiger partial charge in [0.2, 0.25) is 11.8 Å². The Balaban J connectivity index is 2.60. The second-order valence-corrected chi connectivity index (χ2v) is 3.28. The molecule has 0 aliphatic carbocycles. The number of nitrogens with one attached hydrogen (secondary N) is 2. The molecule has 0 aromatic heterocycles. The topological polar surface area (TPSA) is 95.5 Å². The molecule has 0 heterocycles. The summed E-state index contributed by atoms with van der Waals surface area (Å²) in [6.07, 6.45) is -0.267. The molecule has 1 aromatic rings. The summed E-state index contributed by atoms with van der Waals surface area (Å²) >= 11 is 0. The number of carboxylic acids is 1. The summed E-state index contributed by atoms with van der Waals surface area (Å²) in [6.45, 7) is 0. The molecule has 0 fully saturated rings. The lowest BCUT2D eigenvalue weighted by Gasteiger charge is -2.04. The molecule has 2 amide bonds. The normalized spacial score (nSPS) is 9.47. The Bertz CT molecular complexity index is 439. The fourth-order valence-corrected chi connectivity index (χ4v) is 1.14. The molecular weight excluding hydrogens is 224 g/mol. The lowest BCUT2D eigenvalue weighted by molar-refractivity contribution is -0.126. The summed E-state index contributed by atoms with van der Waals surface area (Å²) in [5.41, 5.74) is 0.582. The zero-order valence-corrected chi connectivity index (χ0v) is 9.19. The Labute approximate surface area is 97.6 Å². The monoisotopic (exact) mass is 236 g/mol. The number of benzene rings is 1. The highest BCUT2D eigenvalue weighted by Crippen LogP contribution is 2.09. The number of carbonyl (C=O) groups is 3. The van der Waals surface area contributed by atoms with Crippen LogP contribution < -0.4 is 10.6 Å². The molecule has 0 radical (unpaired) electrons. The number of amides is 2. The second-order valence-electron chi connectivity index (χ2n) is 3.28. The van der Waals surface area contributed by atoms with Crippen LogP contribution in [0.3, 0.4) is 0 Å². The SMILES string of the molecule is CNC(=O)CC(=O)Nc1ccc(C(=O)O)cc1. The van der Waals surface area contributed by atoms with Crippen LogP contribution in [0.1, 0.15) is 16.8 Å². The molecule has 1 rings (SSSR count). The van der Waals surface area contributed by atoms with Crippen LogP contribution in [0.4, 0.5) is 5.69 Å². The average molecular weight is 236 g/mol. The molecule has 0 aliphatic heterocycles. The van der Waals surface area contributed by atoms with Crippen molar-refractivity contribution in [2.45, 2.75) is 6.42 Å². The van der Waals surface area contributed by atoms with Crippen LogP contribution in [0.2, 0.25) is 0 Å². The first-order chi connectivity index (χ1) is 8.02. The molecule has 0 atom stereocenters. The first-order valence-electron chi connectivity index (χ1n) is 4.86. The van der Waals surface area contributed by atoms with Crippen LogP contribution in [0, 0.1) is 0 Å². The molecule has 0 saturated carbocycles. The van der Waals surface area contributed by atoms with E-state index < -0.39 is 11.9 Å². The molecule has 0 aliphatic rings. The van der Waals surface area contributed by atoms with Gasteiger partial charge in [0.05, 0.1) is 5.56 Å². The Hall–Kier alpha value is -2.37. The van der Waals surface area contributed by atoms with Gasteiger partial charge in [0, 0.05) is 12.7 Å². The van der Waals surface area contributed by atoms with Gasteiger partial charge >= 0.3 is 5.97 Å². The number of carboxylic acid groups (broad SMARTS) is 1. The van der Waals surface area contributed by atoms with Gasteiger partial charge in [0.1, 0.15) is 6.42 Å². The summed E-state index contributed by atoms with van der Waals surface area (Å²) in [7, 11) is 1.44.